The number of amides is 2. The fraction of sp³-hybridized carbons (Fsp3) is 0.280. The van der Waals surface area contributed by atoms with Crippen molar-refractivity contribution in [3.8, 4) is 10.4 Å². The van der Waals surface area contributed by atoms with Gasteiger partial charge in [0.25, 0.3) is 5.91 Å². The van der Waals surface area contributed by atoms with E-state index < -0.39 is 17.6 Å². The van der Waals surface area contributed by atoms with E-state index in [0.717, 1.165) is 9.75 Å². The van der Waals surface area contributed by atoms with Gasteiger partial charge in [-0.1, -0.05) is 36.5 Å². The van der Waals surface area contributed by atoms with Gasteiger partial charge in [-0.3, -0.25) is 9.59 Å². The Bertz CT molecular complexity index is 1280. The lowest BCUT2D eigenvalue weighted by molar-refractivity contribution is -0.120. The van der Waals surface area contributed by atoms with E-state index in [0.29, 0.717) is 10.7 Å². The van der Waals surface area contributed by atoms with Crippen molar-refractivity contribution in [2.45, 2.75) is 19.3 Å². The molecule has 0 saturated carbocycles. The molecule has 0 radical (unpaired) electrons. The molecular formula is C25H24F2N4O2S2. The third kappa shape index (κ3) is 5.54. The molecule has 6 nitrogen and oxygen atoms in total. The summed E-state index contributed by atoms with van der Waals surface area (Å²) >= 11 is 2.65. The normalized spacial score (nSPS) is 16.9. The predicted molar refractivity (Wildman–Crippen MR) is 135 cm³/mol. The number of hydrogen-bond acceptors (Lipinski definition) is 6. The Morgan fingerprint density at radius 2 is 2.00 bits per heavy atom. The second-order valence-electron chi connectivity index (χ2n) is 8.51. The van der Waals surface area contributed by atoms with Crippen LogP contribution in [0.4, 0.5) is 13.9 Å². The third-order valence-electron chi connectivity index (χ3n) is 5.92. The van der Waals surface area contributed by atoms with Gasteiger partial charge in [0.2, 0.25) is 11.0 Å². The van der Waals surface area contributed by atoms with Crippen LogP contribution >= 0.6 is 22.7 Å². The van der Waals surface area contributed by atoms with E-state index in [-0.39, 0.29) is 35.6 Å². The summed E-state index contributed by atoms with van der Waals surface area (Å²) in [7, 11) is 3.14. The first-order chi connectivity index (χ1) is 16.7. The van der Waals surface area contributed by atoms with Crippen LogP contribution in [0.3, 0.4) is 0 Å². The van der Waals surface area contributed by atoms with Gasteiger partial charge in [0.1, 0.15) is 17.2 Å². The highest BCUT2D eigenvalue weighted by Gasteiger charge is 2.34. The summed E-state index contributed by atoms with van der Waals surface area (Å²) in [5.41, 5.74) is 2.16. The number of carbonyl (C=O) groups is 2. The Balaban J connectivity index is 1.64. The van der Waals surface area contributed by atoms with Crippen LogP contribution in [0.2, 0.25) is 0 Å². The number of carbonyl (C=O) groups excluding carboxylic acids is 2. The van der Waals surface area contributed by atoms with E-state index in [2.05, 4.69) is 15.5 Å². The van der Waals surface area contributed by atoms with E-state index in [1.807, 2.05) is 25.1 Å². The Hall–Kier alpha value is -3.24. The monoisotopic (exact) mass is 514 g/mol. The largest absolute Gasteiger partial charge is 0.345 e. The average Bonchev–Trinajstić information content (AvgIpc) is 3.51. The molecule has 35 heavy (non-hydrogen) atoms. The van der Waals surface area contributed by atoms with Crippen LogP contribution in [0.1, 0.15) is 34.5 Å². The lowest BCUT2D eigenvalue weighted by Crippen LogP contribution is -2.29. The van der Waals surface area contributed by atoms with E-state index in [4.69, 9.17) is 0 Å². The third-order valence-corrected chi connectivity index (χ3v) is 7.76. The smallest absolute Gasteiger partial charge is 0.256 e. The molecule has 0 saturated heterocycles. The van der Waals surface area contributed by atoms with E-state index in [1.165, 1.54) is 51.3 Å². The fourth-order valence-electron chi connectivity index (χ4n) is 4.12. The Kier molecular flexibility index (Phi) is 7.51. The molecule has 1 unspecified atom stereocenters. The van der Waals surface area contributed by atoms with Gasteiger partial charge >= 0.3 is 0 Å². The van der Waals surface area contributed by atoms with Crippen molar-refractivity contribution < 1.29 is 18.4 Å². The fourth-order valence-corrected chi connectivity index (χ4v) is 5.85. The molecule has 0 spiro atoms. The first-order valence-corrected chi connectivity index (χ1v) is 12.7. The maximum absolute atomic E-state index is 14.7. The molecule has 2 aromatic heterocycles. The number of hydrogen-bond donors (Lipinski definition) is 1. The number of aromatic nitrogens is 2. The van der Waals surface area contributed by atoms with Crippen LogP contribution < -0.4 is 5.32 Å². The Morgan fingerprint density at radius 1 is 1.20 bits per heavy atom. The maximum Gasteiger partial charge on any atom is 0.256 e. The number of rotatable bonds is 7. The Labute approximate surface area is 210 Å². The standard InChI is InChI=1S/C25H24F2N4O2S2/c1-14(23(32)29-25-30-28-13-34-25)22(16-5-4-6-17(26)11-16)21-10-9-20(35-21)15-7-8-18(19(27)12-15)24(33)31(2)3/h4-10,12-14,16,22H,11H2,1-3H3,(H,29,30,32)/t14-,16?,22-/m1/s1. The van der Waals surface area contributed by atoms with Crippen molar-refractivity contribution in [2.24, 2.45) is 11.8 Å². The molecule has 1 aliphatic rings. The van der Waals surface area contributed by atoms with E-state index >= 15 is 0 Å². The van der Waals surface area contributed by atoms with Crippen LogP contribution in [0.25, 0.3) is 10.4 Å². The molecule has 2 heterocycles. The minimum atomic E-state index is -0.597. The van der Waals surface area contributed by atoms with Crippen LogP contribution in [-0.4, -0.2) is 41.0 Å². The van der Waals surface area contributed by atoms with E-state index in [9.17, 15) is 18.4 Å². The van der Waals surface area contributed by atoms with Crippen molar-refractivity contribution in [3.05, 3.63) is 76.2 Å². The molecule has 4 rings (SSSR count). The zero-order valence-corrected chi connectivity index (χ0v) is 21.0. The summed E-state index contributed by atoms with van der Waals surface area (Å²) in [5, 5.41) is 10.8. The summed E-state index contributed by atoms with van der Waals surface area (Å²) in [5.74, 6) is -2.50. The lowest BCUT2D eigenvalue weighted by Gasteiger charge is -2.29. The zero-order valence-electron chi connectivity index (χ0n) is 19.4. The maximum atomic E-state index is 14.7. The minimum absolute atomic E-state index is 0.00461. The predicted octanol–water partition coefficient (Wildman–Crippen LogP) is 5.90. The Morgan fingerprint density at radius 3 is 2.66 bits per heavy atom. The quantitative estimate of drug-likeness (QED) is 0.426. The SMILES string of the molecule is C[C@@H](C(=O)Nc1nncs1)[C@@H](c1ccc(-c2ccc(C(=O)N(C)C)c(F)c2)s1)C1C=CC=C(F)C1. The summed E-state index contributed by atoms with van der Waals surface area (Å²) in [6.07, 6.45) is 5.22. The number of thiophene rings is 1. The second kappa shape index (κ2) is 10.6. The van der Waals surface area contributed by atoms with Crippen molar-refractivity contribution in [2.75, 3.05) is 19.4 Å². The molecule has 1 aliphatic carbocycles. The summed E-state index contributed by atoms with van der Waals surface area (Å²) in [4.78, 5) is 28.2. The highest BCUT2D eigenvalue weighted by Crippen LogP contribution is 2.43. The van der Waals surface area contributed by atoms with Crippen molar-refractivity contribution >= 4 is 39.6 Å². The molecule has 1 aromatic carbocycles. The van der Waals surface area contributed by atoms with Crippen LogP contribution in [-0.2, 0) is 4.79 Å². The summed E-state index contributed by atoms with van der Waals surface area (Å²) < 4.78 is 28.9. The van der Waals surface area contributed by atoms with Crippen molar-refractivity contribution in [1.82, 2.24) is 15.1 Å². The van der Waals surface area contributed by atoms with Gasteiger partial charge < -0.3 is 10.2 Å². The molecule has 3 atom stereocenters. The molecule has 3 aromatic rings. The molecule has 182 valence electrons. The van der Waals surface area contributed by atoms with E-state index in [1.54, 1.807) is 26.2 Å². The van der Waals surface area contributed by atoms with Gasteiger partial charge in [-0.05, 0) is 41.8 Å². The number of benzene rings is 1. The van der Waals surface area contributed by atoms with Gasteiger partial charge in [-0.25, -0.2) is 8.78 Å². The summed E-state index contributed by atoms with van der Waals surface area (Å²) in [6, 6.07) is 8.30. The second-order valence-corrected chi connectivity index (χ2v) is 10.5. The van der Waals surface area contributed by atoms with Crippen molar-refractivity contribution in [3.63, 3.8) is 0 Å². The first-order valence-electron chi connectivity index (χ1n) is 11.0. The van der Waals surface area contributed by atoms with Gasteiger partial charge in [-0.15, -0.1) is 21.5 Å². The average molecular weight is 515 g/mol. The van der Waals surface area contributed by atoms with Gasteiger partial charge in [-0.2, -0.15) is 0 Å². The minimum Gasteiger partial charge on any atom is -0.345 e. The topological polar surface area (TPSA) is 75.2 Å². The molecular weight excluding hydrogens is 490 g/mol. The van der Waals surface area contributed by atoms with Crippen LogP contribution in [0.15, 0.2) is 59.9 Å². The molecule has 0 aliphatic heterocycles. The molecule has 2 amide bonds. The number of halogens is 2. The number of anilines is 1. The summed E-state index contributed by atoms with van der Waals surface area (Å²) in [6.45, 7) is 1.81. The highest BCUT2D eigenvalue weighted by molar-refractivity contribution is 7.15. The van der Waals surface area contributed by atoms with Gasteiger partial charge in [0.15, 0.2) is 0 Å². The molecule has 0 bridgehead atoms. The number of allylic oxidation sites excluding steroid dienone is 4. The zero-order chi connectivity index (χ0) is 25.1. The molecule has 0 fully saturated rings. The first kappa shape index (κ1) is 24.9. The number of nitrogens with zero attached hydrogens (tertiary/aromatic N) is 3. The van der Waals surface area contributed by atoms with Crippen LogP contribution in [0.5, 0.6) is 0 Å². The van der Waals surface area contributed by atoms with Crippen LogP contribution in [0, 0.1) is 17.7 Å². The number of nitrogens with one attached hydrogen (secondary N) is 1. The van der Waals surface area contributed by atoms with Crippen molar-refractivity contribution in [1.29, 1.82) is 0 Å². The molecule has 10 heteroatoms. The van der Waals surface area contributed by atoms with Gasteiger partial charge in [0, 0.05) is 42.1 Å². The van der Waals surface area contributed by atoms with Gasteiger partial charge in [0.05, 0.1) is 5.56 Å². The lowest BCUT2D eigenvalue weighted by atomic mass is 9.77. The highest BCUT2D eigenvalue weighted by atomic mass is 32.1. The molecule has 1 N–H and O–H groups in total.